The molecule has 0 aliphatic carbocycles. The second-order valence-corrected chi connectivity index (χ2v) is 11.1. The van der Waals surface area contributed by atoms with Crippen molar-refractivity contribution in [1.29, 1.82) is 0 Å². The maximum Gasteiger partial charge on any atom is 0.157 e. The lowest BCUT2D eigenvalue weighted by Gasteiger charge is -2.23. The van der Waals surface area contributed by atoms with E-state index in [-0.39, 0.29) is 6.29 Å². The predicted molar refractivity (Wildman–Crippen MR) is 79.1 cm³/mol. The quantitative estimate of drug-likeness (QED) is 0.557. The molecule has 0 saturated carbocycles. The molecule has 2 atom stereocenters. The molecule has 3 heteroatoms. The summed E-state index contributed by atoms with van der Waals surface area (Å²) in [6.45, 7) is 10.8. The molecule has 1 aliphatic rings. The fourth-order valence-corrected chi connectivity index (χ4v) is 2.47. The Morgan fingerprint density at radius 1 is 1.33 bits per heavy atom. The van der Waals surface area contributed by atoms with Crippen LogP contribution in [-0.2, 0) is 9.47 Å². The van der Waals surface area contributed by atoms with E-state index in [1.54, 1.807) is 0 Å². The van der Waals surface area contributed by atoms with Gasteiger partial charge < -0.3 is 9.47 Å². The van der Waals surface area contributed by atoms with Crippen LogP contribution in [0.4, 0.5) is 0 Å². The van der Waals surface area contributed by atoms with Crippen LogP contribution in [0.3, 0.4) is 0 Å². The minimum atomic E-state index is -1.19. The zero-order valence-electron chi connectivity index (χ0n) is 12.4. The van der Waals surface area contributed by atoms with Crippen molar-refractivity contribution in [3.63, 3.8) is 0 Å². The van der Waals surface area contributed by atoms with Gasteiger partial charge in [0.1, 0.15) is 8.07 Å². The number of hydrogen-bond donors (Lipinski definition) is 0. The molecule has 0 N–H and O–H groups in total. The Morgan fingerprint density at radius 2 is 2.11 bits per heavy atom. The van der Waals surface area contributed by atoms with Gasteiger partial charge in [-0.25, -0.2) is 0 Å². The van der Waals surface area contributed by atoms with Crippen LogP contribution in [0.2, 0.25) is 19.6 Å². The van der Waals surface area contributed by atoms with E-state index in [2.05, 4.69) is 38.0 Å². The van der Waals surface area contributed by atoms with E-state index < -0.39 is 8.07 Å². The normalized spacial score (nSPS) is 22.1. The monoisotopic (exact) mass is 268 g/mol. The third-order valence-corrected chi connectivity index (χ3v) is 3.89. The Hall–Kier alpha value is -0.303. The van der Waals surface area contributed by atoms with Crippen molar-refractivity contribution in [3.8, 4) is 11.5 Å². The fourth-order valence-electron chi connectivity index (χ4n) is 1.84. The molecule has 0 spiro atoms. The molecule has 18 heavy (non-hydrogen) atoms. The molecular weight excluding hydrogens is 240 g/mol. The topological polar surface area (TPSA) is 18.5 Å². The van der Waals surface area contributed by atoms with Crippen LogP contribution in [0.15, 0.2) is 0 Å². The summed E-state index contributed by atoms with van der Waals surface area (Å²) in [5, 5.41) is 0. The minimum Gasteiger partial charge on any atom is -0.353 e. The van der Waals surface area contributed by atoms with Crippen molar-refractivity contribution in [1.82, 2.24) is 0 Å². The molecule has 1 rings (SSSR count). The third-order valence-electron chi connectivity index (χ3n) is 2.97. The highest BCUT2D eigenvalue weighted by atomic mass is 28.3. The van der Waals surface area contributed by atoms with Crippen LogP contribution in [0.1, 0.15) is 39.0 Å². The van der Waals surface area contributed by atoms with Crippen molar-refractivity contribution < 1.29 is 9.47 Å². The molecule has 104 valence electrons. The van der Waals surface area contributed by atoms with Gasteiger partial charge in [-0.1, -0.05) is 26.6 Å². The summed E-state index contributed by atoms with van der Waals surface area (Å²) in [6, 6.07) is 0. The first-order valence-electron chi connectivity index (χ1n) is 7.20. The van der Waals surface area contributed by atoms with Crippen molar-refractivity contribution in [2.24, 2.45) is 5.92 Å². The van der Waals surface area contributed by atoms with E-state index in [0.717, 1.165) is 32.5 Å². The highest BCUT2D eigenvalue weighted by Crippen LogP contribution is 2.15. The Kier molecular flexibility index (Phi) is 6.99. The van der Waals surface area contributed by atoms with Crippen LogP contribution in [0.5, 0.6) is 0 Å². The largest absolute Gasteiger partial charge is 0.353 e. The van der Waals surface area contributed by atoms with Gasteiger partial charge in [0.25, 0.3) is 0 Å². The molecule has 0 amide bonds. The Morgan fingerprint density at radius 3 is 2.72 bits per heavy atom. The Bertz CT molecular complexity index is 279. The summed E-state index contributed by atoms with van der Waals surface area (Å²) in [7, 11) is -1.19. The lowest BCUT2D eigenvalue weighted by molar-refractivity contribution is -0.163. The average Bonchev–Trinajstić information content (AvgIpc) is 2.28. The molecule has 2 nitrogen and oxygen atoms in total. The van der Waals surface area contributed by atoms with Crippen molar-refractivity contribution in [2.75, 3.05) is 13.2 Å². The van der Waals surface area contributed by atoms with Gasteiger partial charge in [-0.2, -0.15) is 0 Å². The summed E-state index contributed by atoms with van der Waals surface area (Å²) in [4.78, 5) is 0. The smallest absolute Gasteiger partial charge is 0.157 e. The molecule has 0 aromatic heterocycles. The summed E-state index contributed by atoms with van der Waals surface area (Å²) in [6.07, 6.45) is 5.62. The highest BCUT2D eigenvalue weighted by molar-refractivity contribution is 6.83. The van der Waals surface area contributed by atoms with Gasteiger partial charge in [0.15, 0.2) is 6.29 Å². The molecule has 0 aromatic rings. The SMILES string of the molecule is C[C@@H](CC#C[Si](C)(C)C)CCOC1CCCCO1. The number of ether oxygens (including phenoxy) is 2. The first-order chi connectivity index (χ1) is 8.47. The molecule has 0 radical (unpaired) electrons. The summed E-state index contributed by atoms with van der Waals surface area (Å²) >= 11 is 0. The maximum absolute atomic E-state index is 5.74. The van der Waals surface area contributed by atoms with E-state index in [1.165, 1.54) is 12.8 Å². The highest BCUT2D eigenvalue weighted by Gasteiger charge is 2.14. The molecule has 1 unspecified atom stereocenters. The summed E-state index contributed by atoms with van der Waals surface area (Å²) in [5.41, 5.74) is 3.42. The first-order valence-corrected chi connectivity index (χ1v) is 10.7. The number of hydrogen-bond acceptors (Lipinski definition) is 2. The van der Waals surface area contributed by atoms with Crippen LogP contribution in [0, 0.1) is 17.4 Å². The van der Waals surface area contributed by atoms with Gasteiger partial charge in [0.2, 0.25) is 0 Å². The van der Waals surface area contributed by atoms with Gasteiger partial charge in [-0.3, -0.25) is 0 Å². The van der Waals surface area contributed by atoms with E-state index in [9.17, 15) is 0 Å². The third kappa shape index (κ3) is 7.92. The molecule has 0 bridgehead atoms. The first kappa shape index (κ1) is 15.8. The second kappa shape index (κ2) is 7.99. The Balaban J connectivity index is 2.08. The van der Waals surface area contributed by atoms with Gasteiger partial charge in [0.05, 0.1) is 6.61 Å². The van der Waals surface area contributed by atoms with Crippen molar-refractivity contribution >= 4 is 8.07 Å². The van der Waals surface area contributed by atoms with Crippen LogP contribution < -0.4 is 0 Å². The van der Waals surface area contributed by atoms with Crippen LogP contribution in [0.25, 0.3) is 0 Å². The molecule has 1 saturated heterocycles. The van der Waals surface area contributed by atoms with Crippen molar-refractivity contribution in [2.45, 2.75) is 65.0 Å². The summed E-state index contributed by atoms with van der Waals surface area (Å²) < 4.78 is 11.3. The zero-order chi connectivity index (χ0) is 13.4. The van der Waals surface area contributed by atoms with Crippen LogP contribution in [-0.4, -0.2) is 27.6 Å². The van der Waals surface area contributed by atoms with Gasteiger partial charge >= 0.3 is 0 Å². The van der Waals surface area contributed by atoms with Crippen molar-refractivity contribution in [3.05, 3.63) is 0 Å². The number of rotatable bonds is 5. The standard InChI is InChI=1S/C15H28O2Si/c1-14(8-7-13-18(2,3)4)10-12-17-15-9-5-6-11-16-15/h14-15H,5-6,8-12H2,1-4H3/t14-,15?/m0/s1. The zero-order valence-corrected chi connectivity index (χ0v) is 13.4. The van der Waals surface area contributed by atoms with Crippen LogP contribution >= 0.6 is 0 Å². The van der Waals surface area contributed by atoms with E-state index in [4.69, 9.17) is 9.47 Å². The Labute approximate surface area is 113 Å². The molecule has 1 aliphatic heterocycles. The second-order valence-electron chi connectivity index (χ2n) is 6.32. The lowest BCUT2D eigenvalue weighted by Crippen LogP contribution is -2.23. The van der Waals surface area contributed by atoms with Gasteiger partial charge in [0, 0.05) is 13.0 Å². The molecule has 1 fully saturated rings. The van der Waals surface area contributed by atoms with Gasteiger partial charge in [-0.05, 0) is 31.6 Å². The summed E-state index contributed by atoms with van der Waals surface area (Å²) in [5.74, 6) is 3.96. The van der Waals surface area contributed by atoms with E-state index in [0.29, 0.717) is 5.92 Å². The average molecular weight is 268 g/mol. The lowest BCUT2D eigenvalue weighted by atomic mass is 10.1. The predicted octanol–water partition coefficient (Wildman–Crippen LogP) is 3.83. The molecule has 1 heterocycles. The van der Waals surface area contributed by atoms with E-state index in [1.807, 2.05) is 0 Å². The van der Waals surface area contributed by atoms with Gasteiger partial charge in [-0.15, -0.1) is 11.5 Å². The molecular formula is C15H28O2Si. The van der Waals surface area contributed by atoms with E-state index >= 15 is 0 Å². The maximum atomic E-state index is 5.74. The minimum absolute atomic E-state index is 0.0546. The molecule has 0 aromatic carbocycles. The fraction of sp³-hybridized carbons (Fsp3) is 0.867.